The first-order chi connectivity index (χ1) is 16.0. The standard InChI is InChI=1S/C24H18ClN3O4S/c1-31-13-4-5-15(17(10-13)12-2-3-12)22-27-23-19(16-6-7-18(25)20(29)21(16)33-23)24(30)28(22)11-14-8-9-26-32-14/h4-10,12,29H,2-3,11H2,1H3. The van der Waals surface area contributed by atoms with Gasteiger partial charge in [-0.15, -0.1) is 11.3 Å². The summed E-state index contributed by atoms with van der Waals surface area (Å²) >= 11 is 7.38. The Morgan fingerprint density at radius 2 is 2.12 bits per heavy atom. The van der Waals surface area contributed by atoms with Crippen LogP contribution in [0.5, 0.6) is 11.5 Å². The molecule has 1 aliphatic carbocycles. The van der Waals surface area contributed by atoms with E-state index >= 15 is 0 Å². The number of benzene rings is 2. The molecule has 0 unspecified atom stereocenters. The van der Waals surface area contributed by atoms with Crippen LogP contribution in [-0.2, 0) is 6.54 Å². The highest BCUT2D eigenvalue weighted by molar-refractivity contribution is 7.25. The lowest BCUT2D eigenvalue weighted by molar-refractivity contribution is 0.375. The highest BCUT2D eigenvalue weighted by Gasteiger charge is 2.29. The number of phenols is 1. The van der Waals surface area contributed by atoms with E-state index in [1.165, 1.54) is 11.3 Å². The number of hydrogen-bond donors (Lipinski definition) is 1. The van der Waals surface area contributed by atoms with Gasteiger partial charge >= 0.3 is 0 Å². The number of aromatic hydroxyl groups is 1. The Bertz CT molecular complexity index is 1590. The van der Waals surface area contributed by atoms with Crippen molar-refractivity contribution in [3.8, 4) is 22.9 Å². The zero-order valence-corrected chi connectivity index (χ0v) is 19.1. The van der Waals surface area contributed by atoms with Gasteiger partial charge in [0.1, 0.15) is 16.4 Å². The monoisotopic (exact) mass is 479 g/mol. The van der Waals surface area contributed by atoms with Gasteiger partial charge < -0.3 is 14.4 Å². The van der Waals surface area contributed by atoms with E-state index in [2.05, 4.69) is 5.16 Å². The van der Waals surface area contributed by atoms with Crippen LogP contribution in [0.1, 0.15) is 30.1 Å². The summed E-state index contributed by atoms with van der Waals surface area (Å²) in [6.45, 7) is 0.185. The number of thiophene rings is 1. The summed E-state index contributed by atoms with van der Waals surface area (Å²) in [5.74, 6) is 2.24. The van der Waals surface area contributed by atoms with E-state index in [9.17, 15) is 9.90 Å². The number of methoxy groups -OCH3 is 1. The molecule has 3 heterocycles. The number of halogens is 1. The van der Waals surface area contributed by atoms with Crippen LogP contribution in [0.15, 0.2) is 51.9 Å². The molecule has 6 rings (SSSR count). The lowest BCUT2D eigenvalue weighted by Crippen LogP contribution is -2.24. The largest absolute Gasteiger partial charge is 0.505 e. The van der Waals surface area contributed by atoms with Crippen molar-refractivity contribution in [1.29, 1.82) is 0 Å². The molecule has 1 N–H and O–H groups in total. The van der Waals surface area contributed by atoms with Gasteiger partial charge in [-0.3, -0.25) is 9.36 Å². The molecule has 7 nitrogen and oxygen atoms in total. The van der Waals surface area contributed by atoms with Crippen molar-refractivity contribution < 1.29 is 14.4 Å². The molecule has 166 valence electrons. The van der Waals surface area contributed by atoms with Crippen LogP contribution in [0, 0.1) is 0 Å². The first-order valence-corrected chi connectivity index (χ1v) is 11.7. The Hall–Kier alpha value is -3.36. The van der Waals surface area contributed by atoms with Crippen LogP contribution in [0.2, 0.25) is 5.02 Å². The Morgan fingerprint density at radius 1 is 1.27 bits per heavy atom. The summed E-state index contributed by atoms with van der Waals surface area (Å²) < 4.78 is 12.9. The molecule has 0 radical (unpaired) electrons. The van der Waals surface area contributed by atoms with Crippen LogP contribution in [0.4, 0.5) is 0 Å². The predicted octanol–water partition coefficient (Wildman–Crippen LogP) is 5.56. The van der Waals surface area contributed by atoms with E-state index in [0.717, 1.165) is 29.7 Å². The van der Waals surface area contributed by atoms with Crippen LogP contribution in [0.25, 0.3) is 31.7 Å². The first kappa shape index (κ1) is 20.3. The van der Waals surface area contributed by atoms with Gasteiger partial charge in [0.2, 0.25) is 0 Å². The molecule has 0 amide bonds. The smallest absolute Gasteiger partial charge is 0.263 e. The normalized spacial score (nSPS) is 13.8. The van der Waals surface area contributed by atoms with Crippen molar-refractivity contribution in [2.24, 2.45) is 0 Å². The number of phenolic OH excluding ortho intramolecular Hbond substituents is 1. The van der Waals surface area contributed by atoms with E-state index in [0.29, 0.717) is 37.8 Å². The average molecular weight is 480 g/mol. The third-order valence-corrected chi connectivity index (χ3v) is 7.42. The molecule has 0 bridgehead atoms. The van der Waals surface area contributed by atoms with Gasteiger partial charge in [0, 0.05) is 17.0 Å². The van der Waals surface area contributed by atoms with E-state index in [1.54, 1.807) is 36.1 Å². The van der Waals surface area contributed by atoms with E-state index in [4.69, 9.17) is 25.8 Å². The quantitative estimate of drug-likeness (QED) is 0.355. The van der Waals surface area contributed by atoms with Crippen molar-refractivity contribution in [2.45, 2.75) is 25.3 Å². The van der Waals surface area contributed by atoms with Gasteiger partial charge in [0.15, 0.2) is 11.5 Å². The summed E-state index contributed by atoms with van der Waals surface area (Å²) in [5.41, 5.74) is 1.78. The van der Waals surface area contributed by atoms with Crippen molar-refractivity contribution in [1.82, 2.24) is 14.7 Å². The minimum Gasteiger partial charge on any atom is -0.505 e. The minimum absolute atomic E-state index is 0.0389. The number of hydrogen-bond acceptors (Lipinski definition) is 7. The van der Waals surface area contributed by atoms with Crippen LogP contribution < -0.4 is 10.3 Å². The number of fused-ring (bicyclic) bond motifs is 3. The fourth-order valence-corrected chi connectivity index (χ4v) is 5.54. The maximum atomic E-state index is 13.9. The van der Waals surface area contributed by atoms with Gasteiger partial charge in [-0.2, -0.15) is 0 Å². The molecular formula is C24H18ClN3O4S. The number of aromatic nitrogens is 3. The fraction of sp³-hybridized carbons (Fsp3) is 0.208. The summed E-state index contributed by atoms with van der Waals surface area (Å²) in [5, 5.41) is 15.6. The van der Waals surface area contributed by atoms with E-state index in [-0.39, 0.29) is 22.9 Å². The summed E-state index contributed by atoms with van der Waals surface area (Å²) in [6.07, 6.45) is 3.73. The predicted molar refractivity (Wildman–Crippen MR) is 128 cm³/mol. The molecule has 2 aromatic carbocycles. The summed E-state index contributed by atoms with van der Waals surface area (Å²) in [4.78, 5) is 19.4. The van der Waals surface area contributed by atoms with Crippen LogP contribution >= 0.6 is 22.9 Å². The molecule has 0 atom stereocenters. The molecule has 9 heteroatoms. The minimum atomic E-state index is -0.211. The topological polar surface area (TPSA) is 90.4 Å². The molecule has 0 aliphatic heterocycles. The second-order valence-electron chi connectivity index (χ2n) is 8.09. The second kappa shape index (κ2) is 7.60. The SMILES string of the molecule is COc1ccc(-c2nc3sc4c(O)c(Cl)ccc4c3c(=O)n2Cc2ccno2)c(C2CC2)c1. The van der Waals surface area contributed by atoms with E-state index < -0.39 is 0 Å². The summed E-state index contributed by atoms with van der Waals surface area (Å²) in [7, 11) is 1.64. The van der Waals surface area contributed by atoms with Gasteiger partial charge in [-0.05, 0) is 48.6 Å². The van der Waals surface area contributed by atoms with Gasteiger partial charge in [-0.1, -0.05) is 22.8 Å². The second-order valence-corrected chi connectivity index (χ2v) is 9.49. The third kappa shape index (κ3) is 3.29. The Balaban J connectivity index is 1.68. The lowest BCUT2D eigenvalue weighted by atomic mass is 10.0. The van der Waals surface area contributed by atoms with Crippen molar-refractivity contribution >= 4 is 43.2 Å². The molecule has 0 saturated heterocycles. The maximum Gasteiger partial charge on any atom is 0.263 e. The third-order valence-electron chi connectivity index (χ3n) is 6.01. The molecular weight excluding hydrogens is 462 g/mol. The first-order valence-electron chi connectivity index (χ1n) is 10.5. The molecule has 33 heavy (non-hydrogen) atoms. The molecule has 1 saturated carbocycles. The van der Waals surface area contributed by atoms with Crippen molar-refractivity contribution in [3.05, 3.63) is 69.3 Å². The Morgan fingerprint density at radius 3 is 2.85 bits per heavy atom. The number of nitrogens with zero attached hydrogens (tertiary/aromatic N) is 3. The summed E-state index contributed by atoms with van der Waals surface area (Å²) in [6, 6.07) is 10.9. The average Bonchev–Trinajstić information content (AvgIpc) is 3.41. The van der Waals surface area contributed by atoms with Gasteiger partial charge in [-0.25, -0.2) is 4.98 Å². The van der Waals surface area contributed by atoms with E-state index in [1.807, 2.05) is 18.2 Å². The zero-order chi connectivity index (χ0) is 22.7. The molecule has 5 aromatic rings. The lowest BCUT2D eigenvalue weighted by Gasteiger charge is -2.15. The van der Waals surface area contributed by atoms with Gasteiger partial charge in [0.25, 0.3) is 5.56 Å². The zero-order valence-electron chi connectivity index (χ0n) is 17.5. The van der Waals surface area contributed by atoms with Crippen LogP contribution in [0.3, 0.4) is 0 Å². The molecule has 3 aromatic heterocycles. The number of rotatable bonds is 5. The Kier molecular flexibility index (Phi) is 4.67. The fourth-order valence-electron chi connectivity index (χ4n) is 4.22. The highest BCUT2D eigenvalue weighted by atomic mass is 35.5. The van der Waals surface area contributed by atoms with Crippen molar-refractivity contribution in [3.63, 3.8) is 0 Å². The number of ether oxygens (including phenoxy) is 1. The molecule has 0 spiro atoms. The van der Waals surface area contributed by atoms with Crippen molar-refractivity contribution in [2.75, 3.05) is 7.11 Å². The highest BCUT2D eigenvalue weighted by Crippen LogP contribution is 2.46. The van der Waals surface area contributed by atoms with Gasteiger partial charge in [0.05, 0.1) is 35.0 Å². The molecule has 1 fully saturated rings. The molecule has 1 aliphatic rings. The maximum absolute atomic E-state index is 13.9. The van der Waals surface area contributed by atoms with Crippen LogP contribution in [-0.4, -0.2) is 26.9 Å². The Labute approximate surface area is 196 Å².